The van der Waals surface area contributed by atoms with E-state index in [4.69, 9.17) is 21.1 Å². The van der Waals surface area contributed by atoms with E-state index in [0.29, 0.717) is 23.6 Å². The summed E-state index contributed by atoms with van der Waals surface area (Å²) in [7, 11) is 5.43. The van der Waals surface area contributed by atoms with Crippen LogP contribution in [0.2, 0.25) is 5.28 Å². The molecule has 0 spiro atoms. The highest BCUT2D eigenvalue weighted by molar-refractivity contribution is 6.28. The van der Waals surface area contributed by atoms with Gasteiger partial charge < -0.3 is 14.4 Å². The van der Waals surface area contributed by atoms with Crippen molar-refractivity contribution in [1.29, 1.82) is 0 Å². The Morgan fingerprint density at radius 2 is 1.79 bits per heavy atom. The maximum Gasteiger partial charge on any atom is 0.224 e. The van der Waals surface area contributed by atoms with Crippen molar-refractivity contribution in [3.8, 4) is 11.5 Å². The van der Waals surface area contributed by atoms with E-state index in [1.165, 1.54) is 0 Å². The van der Waals surface area contributed by atoms with E-state index in [1.807, 2.05) is 61.5 Å². The number of halogens is 1. The van der Waals surface area contributed by atoms with Crippen LogP contribution in [-0.2, 0) is 6.61 Å². The lowest BCUT2D eigenvalue weighted by molar-refractivity contribution is 0.285. The number of benzene rings is 2. The number of anilines is 1. The molecule has 3 rings (SSSR count). The van der Waals surface area contributed by atoms with Gasteiger partial charge in [0.25, 0.3) is 0 Å². The van der Waals surface area contributed by atoms with Crippen LogP contribution in [-0.4, -0.2) is 31.2 Å². The Hall–Kier alpha value is -2.53. The van der Waals surface area contributed by atoms with Gasteiger partial charge in [0.15, 0.2) is 11.5 Å². The van der Waals surface area contributed by atoms with Gasteiger partial charge in [-0.05, 0) is 23.2 Å². The van der Waals surface area contributed by atoms with Crippen LogP contribution >= 0.6 is 11.6 Å². The average Bonchev–Trinajstić information content (AvgIpc) is 2.59. The van der Waals surface area contributed by atoms with Crippen LogP contribution < -0.4 is 14.4 Å². The summed E-state index contributed by atoms with van der Waals surface area (Å²) in [6.45, 7) is 0.446. The Kier molecular flexibility index (Phi) is 4.71. The maximum atomic E-state index is 6.05. The molecule has 0 aliphatic carbocycles. The van der Waals surface area contributed by atoms with Crippen LogP contribution in [0.4, 0.5) is 5.82 Å². The summed E-state index contributed by atoms with van der Waals surface area (Å²) in [5.74, 6) is 1.98. The standard InChI is InChI=1S/C18H18ClN3O2/c1-22(2)17-13-9-15(23-3)16(10-14(13)20-18(19)21-17)24-11-12-7-5-4-6-8-12/h4-10H,11H2,1-3H3. The van der Waals surface area contributed by atoms with E-state index in [-0.39, 0.29) is 5.28 Å². The second kappa shape index (κ2) is 6.93. The number of ether oxygens (including phenoxy) is 2. The minimum atomic E-state index is 0.199. The Bertz CT molecular complexity index is 854. The van der Waals surface area contributed by atoms with E-state index in [0.717, 1.165) is 16.8 Å². The van der Waals surface area contributed by atoms with Gasteiger partial charge in [-0.25, -0.2) is 4.98 Å². The molecule has 0 fully saturated rings. The summed E-state index contributed by atoms with van der Waals surface area (Å²) < 4.78 is 11.4. The first-order valence-corrected chi connectivity index (χ1v) is 7.85. The molecule has 0 aliphatic rings. The number of rotatable bonds is 5. The molecule has 2 aromatic carbocycles. The highest BCUT2D eigenvalue weighted by Crippen LogP contribution is 2.35. The summed E-state index contributed by atoms with van der Waals surface area (Å²) in [4.78, 5) is 10.5. The number of hydrogen-bond acceptors (Lipinski definition) is 5. The highest BCUT2D eigenvalue weighted by atomic mass is 35.5. The van der Waals surface area contributed by atoms with E-state index < -0.39 is 0 Å². The zero-order chi connectivity index (χ0) is 17.1. The fraction of sp³-hybridized carbons (Fsp3) is 0.222. The first-order chi connectivity index (χ1) is 11.6. The first-order valence-electron chi connectivity index (χ1n) is 7.48. The van der Waals surface area contributed by atoms with E-state index in [2.05, 4.69) is 9.97 Å². The van der Waals surface area contributed by atoms with Gasteiger partial charge in [-0.3, -0.25) is 0 Å². The molecule has 0 aliphatic heterocycles. The Balaban J connectivity index is 2.01. The molecule has 0 N–H and O–H groups in total. The van der Waals surface area contributed by atoms with Gasteiger partial charge in [0.1, 0.15) is 12.4 Å². The molecule has 0 radical (unpaired) electrons. The van der Waals surface area contributed by atoms with Gasteiger partial charge in [-0.15, -0.1) is 0 Å². The zero-order valence-electron chi connectivity index (χ0n) is 13.8. The quantitative estimate of drug-likeness (QED) is 0.657. The Labute approximate surface area is 145 Å². The Morgan fingerprint density at radius 1 is 1.04 bits per heavy atom. The van der Waals surface area contributed by atoms with Crippen molar-refractivity contribution in [2.45, 2.75) is 6.61 Å². The minimum absolute atomic E-state index is 0.199. The number of methoxy groups -OCH3 is 1. The van der Waals surface area contributed by atoms with Gasteiger partial charge >= 0.3 is 0 Å². The third-order valence-corrected chi connectivity index (χ3v) is 3.76. The predicted molar refractivity (Wildman–Crippen MR) is 96.2 cm³/mol. The number of fused-ring (bicyclic) bond motifs is 1. The smallest absolute Gasteiger partial charge is 0.224 e. The van der Waals surface area contributed by atoms with Crippen molar-refractivity contribution >= 4 is 28.3 Å². The van der Waals surface area contributed by atoms with Crippen LogP contribution in [0.5, 0.6) is 11.5 Å². The third-order valence-electron chi connectivity index (χ3n) is 3.59. The monoisotopic (exact) mass is 343 g/mol. The van der Waals surface area contributed by atoms with Crippen molar-refractivity contribution in [2.24, 2.45) is 0 Å². The summed E-state index contributed by atoms with van der Waals surface area (Å²) in [6, 6.07) is 13.7. The van der Waals surface area contributed by atoms with Gasteiger partial charge in [0.05, 0.1) is 12.6 Å². The topological polar surface area (TPSA) is 47.5 Å². The van der Waals surface area contributed by atoms with Gasteiger partial charge in [0, 0.05) is 25.5 Å². The SMILES string of the molecule is COc1cc2c(N(C)C)nc(Cl)nc2cc1OCc1ccccc1. The lowest BCUT2D eigenvalue weighted by Gasteiger charge is -2.16. The molecule has 3 aromatic rings. The molecular formula is C18H18ClN3O2. The molecule has 1 aromatic heterocycles. The normalized spacial score (nSPS) is 10.7. The van der Waals surface area contributed by atoms with Crippen molar-refractivity contribution in [2.75, 3.05) is 26.1 Å². The van der Waals surface area contributed by atoms with E-state index in [9.17, 15) is 0 Å². The summed E-state index contributed by atoms with van der Waals surface area (Å²) in [5.41, 5.74) is 1.79. The fourth-order valence-corrected chi connectivity index (χ4v) is 2.61. The molecule has 0 bridgehead atoms. The van der Waals surface area contributed by atoms with E-state index in [1.54, 1.807) is 7.11 Å². The van der Waals surface area contributed by atoms with Crippen molar-refractivity contribution < 1.29 is 9.47 Å². The maximum absolute atomic E-state index is 6.05. The summed E-state index contributed by atoms with van der Waals surface area (Å²) in [6.07, 6.45) is 0. The van der Waals surface area contributed by atoms with Crippen LogP contribution in [0.15, 0.2) is 42.5 Å². The lowest BCUT2D eigenvalue weighted by Crippen LogP contribution is -2.12. The summed E-state index contributed by atoms with van der Waals surface area (Å²) in [5, 5.41) is 1.05. The van der Waals surface area contributed by atoms with Crippen LogP contribution in [0, 0.1) is 0 Å². The van der Waals surface area contributed by atoms with Crippen molar-refractivity contribution in [1.82, 2.24) is 9.97 Å². The van der Waals surface area contributed by atoms with Crippen LogP contribution in [0.1, 0.15) is 5.56 Å². The Morgan fingerprint density at radius 3 is 2.46 bits per heavy atom. The molecule has 24 heavy (non-hydrogen) atoms. The molecule has 1 heterocycles. The highest BCUT2D eigenvalue weighted by Gasteiger charge is 2.14. The lowest BCUT2D eigenvalue weighted by atomic mass is 10.2. The largest absolute Gasteiger partial charge is 0.493 e. The number of aromatic nitrogens is 2. The fourth-order valence-electron chi connectivity index (χ4n) is 2.44. The van der Waals surface area contributed by atoms with Crippen molar-refractivity contribution in [3.05, 3.63) is 53.3 Å². The summed E-state index contributed by atoms with van der Waals surface area (Å²) >= 11 is 6.05. The molecule has 0 amide bonds. The average molecular weight is 344 g/mol. The second-order valence-corrected chi connectivity index (χ2v) is 5.84. The van der Waals surface area contributed by atoms with Gasteiger partial charge in [-0.1, -0.05) is 30.3 Å². The molecule has 0 saturated carbocycles. The molecule has 0 atom stereocenters. The zero-order valence-corrected chi connectivity index (χ0v) is 14.5. The second-order valence-electron chi connectivity index (χ2n) is 5.51. The predicted octanol–water partition coefficient (Wildman–Crippen LogP) is 3.94. The van der Waals surface area contributed by atoms with Gasteiger partial charge in [0.2, 0.25) is 5.28 Å². The molecular weight excluding hydrogens is 326 g/mol. The van der Waals surface area contributed by atoms with Gasteiger partial charge in [-0.2, -0.15) is 4.98 Å². The number of nitrogens with zero attached hydrogens (tertiary/aromatic N) is 3. The molecule has 124 valence electrons. The molecule has 0 saturated heterocycles. The molecule has 0 unspecified atom stereocenters. The minimum Gasteiger partial charge on any atom is -0.493 e. The number of hydrogen-bond donors (Lipinski definition) is 0. The van der Waals surface area contributed by atoms with Crippen LogP contribution in [0.3, 0.4) is 0 Å². The van der Waals surface area contributed by atoms with E-state index >= 15 is 0 Å². The molecule has 6 heteroatoms. The first kappa shape index (κ1) is 16.3. The third kappa shape index (κ3) is 3.36. The molecule has 5 nitrogen and oxygen atoms in total. The van der Waals surface area contributed by atoms with Crippen molar-refractivity contribution in [3.63, 3.8) is 0 Å². The van der Waals surface area contributed by atoms with Crippen LogP contribution in [0.25, 0.3) is 10.9 Å².